The predicted octanol–water partition coefficient (Wildman–Crippen LogP) is 2.30. The van der Waals surface area contributed by atoms with E-state index in [1.165, 1.54) is 28.3 Å². The molecule has 3 nitrogen and oxygen atoms in total. The molecular formula is C10H12F2O3. The minimum Gasteiger partial charge on any atom is -0.493 e. The predicted molar refractivity (Wildman–Crippen MR) is 50.8 cm³/mol. The number of hydrogen-bond donors (Lipinski definition) is 0. The maximum Gasteiger partial charge on any atom is 0.210 e. The van der Waals surface area contributed by atoms with Gasteiger partial charge in [0.15, 0.2) is 17.2 Å². The first-order chi connectivity index (χ1) is 7.08. The van der Waals surface area contributed by atoms with E-state index in [0.717, 1.165) is 0 Å². The van der Waals surface area contributed by atoms with Crippen LogP contribution in [0.3, 0.4) is 0 Å². The molecule has 0 aromatic heterocycles. The fourth-order valence-corrected chi connectivity index (χ4v) is 1.40. The number of hydrogen-bond acceptors (Lipinski definition) is 3. The van der Waals surface area contributed by atoms with Crippen LogP contribution < -0.4 is 14.2 Å². The van der Waals surface area contributed by atoms with Gasteiger partial charge in [0.2, 0.25) is 11.6 Å². The number of ether oxygens (including phenoxy) is 3. The van der Waals surface area contributed by atoms with Crippen molar-refractivity contribution >= 4 is 0 Å². The quantitative estimate of drug-likeness (QED) is 0.779. The molecule has 0 radical (unpaired) electrons. The minimum absolute atomic E-state index is 0.0786. The van der Waals surface area contributed by atoms with Gasteiger partial charge >= 0.3 is 0 Å². The van der Waals surface area contributed by atoms with Gasteiger partial charge in [-0.3, -0.25) is 0 Å². The number of rotatable bonds is 3. The zero-order valence-electron chi connectivity index (χ0n) is 8.98. The molecule has 0 heterocycles. The molecule has 0 unspecified atom stereocenters. The summed E-state index contributed by atoms with van der Waals surface area (Å²) in [4.78, 5) is 0. The van der Waals surface area contributed by atoms with Crippen LogP contribution in [0.4, 0.5) is 8.78 Å². The van der Waals surface area contributed by atoms with Gasteiger partial charge in [-0.1, -0.05) is 0 Å². The van der Waals surface area contributed by atoms with Gasteiger partial charge in [-0.15, -0.1) is 0 Å². The van der Waals surface area contributed by atoms with Crippen LogP contribution in [0.25, 0.3) is 0 Å². The normalized spacial score (nSPS) is 10.0. The van der Waals surface area contributed by atoms with Gasteiger partial charge in [0.25, 0.3) is 0 Å². The Balaban J connectivity index is 3.57. The van der Waals surface area contributed by atoms with Crippen molar-refractivity contribution in [2.75, 3.05) is 21.3 Å². The summed E-state index contributed by atoms with van der Waals surface area (Å²) in [5, 5.41) is 0. The van der Waals surface area contributed by atoms with Crippen molar-refractivity contribution in [3.8, 4) is 17.2 Å². The fraction of sp³-hybridized carbons (Fsp3) is 0.400. The molecule has 0 fully saturated rings. The van der Waals surface area contributed by atoms with Crippen molar-refractivity contribution in [1.82, 2.24) is 0 Å². The SMILES string of the molecule is COc1c(C)c(OC)c(F)c(OC)c1F. The van der Waals surface area contributed by atoms with E-state index in [4.69, 9.17) is 9.47 Å². The van der Waals surface area contributed by atoms with Crippen LogP contribution in [0.5, 0.6) is 17.2 Å². The van der Waals surface area contributed by atoms with Gasteiger partial charge in [0.1, 0.15) is 0 Å². The molecule has 15 heavy (non-hydrogen) atoms. The first-order valence-electron chi connectivity index (χ1n) is 4.22. The van der Waals surface area contributed by atoms with Gasteiger partial charge in [-0.25, -0.2) is 0 Å². The lowest BCUT2D eigenvalue weighted by atomic mass is 10.1. The van der Waals surface area contributed by atoms with E-state index in [-0.39, 0.29) is 17.1 Å². The molecule has 0 N–H and O–H groups in total. The molecule has 0 bridgehead atoms. The summed E-state index contributed by atoms with van der Waals surface area (Å²) in [7, 11) is 3.76. The average Bonchev–Trinajstić information content (AvgIpc) is 2.19. The van der Waals surface area contributed by atoms with Crippen molar-refractivity contribution < 1.29 is 23.0 Å². The Morgan fingerprint density at radius 3 is 1.33 bits per heavy atom. The summed E-state index contributed by atoms with van der Waals surface area (Å²) in [6.45, 7) is 1.50. The first-order valence-corrected chi connectivity index (χ1v) is 4.22. The van der Waals surface area contributed by atoms with Crippen molar-refractivity contribution in [3.63, 3.8) is 0 Å². The zero-order chi connectivity index (χ0) is 11.6. The highest BCUT2D eigenvalue weighted by atomic mass is 19.1. The Morgan fingerprint density at radius 1 is 0.733 bits per heavy atom. The Kier molecular flexibility index (Phi) is 3.34. The van der Waals surface area contributed by atoms with E-state index in [1.54, 1.807) is 0 Å². The van der Waals surface area contributed by atoms with E-state index in [0.29, 0.717) is 0 Å². The lowest BCUT2D eigenvalue weighted by Crippen LogP contribution is -2.03. The zero-order valence-corrected chi connectivity index (χ0v) is 8.98. The molecule has 1 aromatic rings. The summed E-state index contributed by atoms with van der Waals surface area (Å²) in [6, 6.07) is 0. The second kappa shape index (κ2) is 4.33. The maximum atomic E-state index is 13.6. The standard InChI is InChI=1S/C10H12F2O3/c1-5-8(13-2)6(11)10(15-4)7(12)9(5)14-3/h1-4H3. The lowest BCUT2D eigenvalue weighted by molar-refractivity contribution is 0.309. The third kappa shape index (κ3) is 1.69. The lowest BCUT2D eigenvalue weighted by Gasteiger charge is -2.14. The summed E-state index contributed by atoms with van der Waals surface area (Å²) >= 11 is 0. The molecular weight excluding hydrogens is 206 g/mol. The molecule has 0 aliphatic heterocycles. The van der Waals surface area contributed by atoms with Gasteiger partial charge in [-0.05, 0) is 6.92 Å². The second-order valence-electron chi connectivity index (χ2n) is 2.85. The van der Waals surface area contributed by atoms with Crippen LogP contribution in [0, 0.1) is 18.6 Å². The number of benzene rings is 1. The molecule has 0 amide bonds. The monoisotopic (exact) mass is 218 g/mol. The van der Waals surface area contributed by atoms with Crippen molar-refractivity contribution in [3.05, 3.63) is 17.2 Å². The van der Waals surface area contributed by atoms with Crippen molar-refractivity contribution in [2.24, 2.45) is 0 Å². The molecule has 0 atom stereocenters. The van der Waals surface area contributed by atoms with Gasteiger partial charge in [-0.2, -0.15) is 8.78 Å². The second-order valence-corrected chi connectivity index (χ2v) is 2.85. The van der Waals surface area contributed by atoms with Crippen LogP contribution >= 0.6 is 0 Å². The Labute approximate surface area is 86.6 Å². The van der Waals surface area contributed by atoms with E-state index in [1.807, 2.05) is 0 Å². The molecule has 1 rings (SSSR count). The summed E-state index contributed by atoms with van der Waals surface area (Å²) in [5.41, 5.74) is 0.260. The Bertz CT molecular complexity index is 299. The van der Waals surface area contributed by atoms with Gasteiger partial charge in [0.05, 0.1) is 21.3 Å². The van der Waals surface area contributed by atoms with E-state index < -0.39 is 17.4 Å². The number of halogens is 2. The molecule has 0 aliphatic rings. The maximum absolute atomic E-state index is 13.6. The van der Waals surface area contributed by atoms with E-state index in [2.05, 4.69) is 4.74 Å². The molecule has 84 valence electrons. The minimum atomic E-state index is -0.865. The largest absolute Gasteiger partial charge is 0.493 e. The summed E-state index contributed by atoms with van der Waals surface area (Å²) in [5.74, 6) is -2.39. The number of methoxy groups -OCH3 is 3. The molecule has 0 spiro atoms. The van der Waals surface area contributed by atoms with Crippen molar-refractivity contribution in [1.29, 1.82) is 0 Å². The Morgan fingerprint density at radius 2 is 1.07 bits per heavy atom. The summed E-state index contributed by atoms with van der Waals surface area (Å²) < 4.78 is 41.4. The van der Waals surface area contributed by atoms with Gasteiger partial charge < -0.3 is 14.2 Å². The molecule has 0 aliphatic carbocycles. The van der Waals surface area contributed by atoms with Crippen molar-refractivity contribution in [2.45, 2.75) is 6.92 Å². The van der Waals surface area contributed by atoms with Crippen LogP contribution in [0.1, 0.15) is 5.56 Å². The van der Waals surface area contributed by atoms with E-state index in [9.17, 15) is 8.78 Å². The molecule has 0 saturated heterocycles. The highest BCUT2D eigenvalue weighted by Crippen LogP contribution is 2.40. The third-order valence-electron chi connectivity index (χ3n) is 2.09. The summed E-state index contributed by atoms with van der Waals surface area (Å²) in [6.07, 6.45) is 0. The van der Waals surface area contributed by atoms with E-state index >= 15 is 0 Å². The molecule has 1 aromatic carbocycles. The van der Waals surface area contributed by atoms with Gasteiger partial charge in [0, 0.05) is 5.56 Å². The van der Waals surface area contributed by atoms with Crippen LogP contribution in [0.15, 0.2) is 0 Å². The van der Waals surface area contributed by atoms with Crippen LogP contribution in [0.2, 0.25) is 0 Å². The fourth-order valence-electron chi connectivity index (χ4n) is 1.40. The highest BCUT2D eigenvalue weighted by molar-refractivity contribution is 5.52. The highest BCUT2D eigenvalue weighted by Gasteiger charge is 2.24. The molecule has 0 saturated carbocycles. The van der Waals surface area contributed by atoms with Crippen LogP contribution in [-0.2, 0) is 0 Å². The van der Waals surface area contributed by atoms with Crippen LogP contribution in [-0.4, -0.2) is 21.3 Å². The Hall–Kier alpha value is -1.52. The smallest absolute Gasteiger partial charge is 0.210 e. The third-order valence-corrected chi connectivity index (χ3v) is 2.09. The molecule has 5 heteroatoms. The average molecular weight is 218 g/mol. The first kappa shape index (κ1) is 11.6. The topological polar surface area (TPSA) is 27.7 Å².